The number of carbonyl (C=O) groups excluding carboxylic acids is 2. The predicted molar refractivity (Wildman–Crippen MR) is 143 cm³/mol. The number of halogens is 2. The molecule has 0 saturated carbocycles. The van der Waals surface area contributed by atoms with Gasteiger partial charge in [0.25, 0.3) is 5.78 Å². The lowest BCUT2D eigenvalue weighted by molar-refractivity contribution is -0.132. The van der Waals surface area contributed by atoms with Crippen molar-refractivity contribution in [2.75, 3.05) is 11.5 Å². The zero-order valence-corrected chi connectivity index (χ0v) is 21.4. The van der Waals surface area contributed by atoms with Crippen LogP contribution in [0.3, 0.4) is 0 Å². The number of hydrogen-bond acceptors (Lipinski definition) is 6. The number of nitrogens with zero attached hydrogens (tertiary/aromatic N) is 2. The summed E-state index contributed by atoms with van der Waals surface area (Å²) < 4.78 is 20.1. The van der Waals surface area contributed by atoms with Gasteiger partial charge < -0.3 is 9.84 Å². The summed E-state index contributed by atoms with van der Waals surface area (Å²) in [5.41, 5.74) is 1.36. The van der Waals surface area contributed by atoms with Gasteiger partial charge in [-0.2, -0.15) is 0 Å². The highest BCUT2D eigenvalue weighted by Crippen LogP contribution is 2.44. The van der Waals surface area contributed by atoms with Crippen LogP contribution in [0.5, 0.6) is 5.75 Å². The maximum atomic E-state index is 13.8. The molecule has 4 aromatic rings. The number of Topliss-reactive ketones (excluding diaryl/α,β-unsaturated/α-hetero) is 1. The van der Waals surface area contributed by atoms with Crippen LogP contribution in [0.15, 0.2) is 72.3 Å². The van der Waals surface area contributed by atoms with E-state index in [-0.39, 0.29) is 16.5 Å². The highest BCUT2D eigenvalue weighted by molar-refractivity contribution is 7.22. The Morgan fingerprint density at radius 2 is 1.84 bits per heavy atom. The Kier molecular flexibility index (Phi) is 6.95. The summed E-state index contributed by atoms with van der Waals surface area (Å²) in [5.74, 6) is -1.77. The summed E-state index contributed by atoms with van der Waals surface area (Å²) in [6.07, 6.45) is 1.92. The quantitative estimate of drug-likeness (QED) is 0.120. The average Bonchev–Trinajstić information content (AvgIpc) is 3.42. The number of amides is 1. The van der Waals surface area contributed by atoms with E-state index in [4.69, 9.17) is 16.3 Å². The lowest BCUT2D eigenvalue weighted by Crippen LogP contribution is -2.29. The Bertz CT molecular complexity index is 1520. The first-order valence-electron chi connectivity index (χ1n) is 11.7. The molecule has 1 unspecified atom stereocenters. The van der Waals surface area contributed by atoms with Gasteiger partial charge in [0.15, 0.2) is 5.13 Å². The van der Waals surface area contributed by atoms with E-state index in [1.54, 1.807) is 48.5 Å². The van der Waals surface area contributed by atoms with Gasteiger partial charge in [0.1, 0.15) is 17.3 Å². The van der Waals surface area contributed by atoms with Gasteiger partial charge in [-0.05, 0) is 66.6 Å². The summed E-state index contributed by atoms with van der Waals surface area (Å²) in [5, 5.41) is 11.9. The molecule has 6 nitrogen and oxygen atoms in total. The highest BCUT2D eigenvalue weighted by Gasteiger charge is 2.48. The van der Waals surface area contributed by atoms with Crippen molar-refractivity contribution in [2.24, 2.45) is 0 Å². The molecular weight excluding hydrogens is 515 g/mol. The molecular formula is C28H22ClFN2O4S. The minimum Gasteiger partial charge on any atom is -0.507 e. The normalized spacial score (nSPS) is 17.1. The van der Waals surface area contributed by atoms with Crippen molar-refractivity contribution < 1.29 is 23.8 Å². The zero-order chi connectivity index (χ0) is 26.1. The lowest BCUT2D eigenvalue weighted by atomic mass is 9.95. The van der Waals surface area contributed by atoms with Crippen molar-refractivity contribution in [3.8, 4) is 5.75 Å². The number of aromatic nitrogens is 1. The standard InChI is InChI=1S/C28H22ClFN2O4S/c1-2-3-14-36-20-11-6-16(7-12-20)24-23(25(33)17-4-8-18(29)9-5-17)26(34)27(35)32(24)28-31-21-13-10-19(30)15-22(21)37-28/h4-13,15,24,33H,2-3,14H2,1H3. The summed E-state index contributed by atoms with van der Waals surface area (Å²) in [6, 6.07) is 16.6. The van der Waals surface area contributed by atoms with Gasteiger partial charge in [-0.25, -0.2) is 9.37 Å². The molecule has 188 valence electrons. The molecule has 1 amide bonds. The molecule has 2 heterocycles. The molecule has 1 aliphatic rings. The van der Waals surface area contributed by atoms with Crippen LogP contribution in [-0.4, -0.2) is 28.4 Å². The minimum atomic E-state index is -0.953. The number of aliphatic hydroxyl groups is 1. The number of unbranched alkanes of at least 4 members (excludes halogenated alkanes) is 1. The number of anilines is 1. The third-order valence-electron chi connectivity index (χ3n) is 6.07. The van der Waals surface area contributed by atoms with Crippen LogP contribution >= 0.6 is 22.9 Å². The molecule has 3 aromatic carbocycles. The number of ether oxygens (including phenoxy) is 1. The summed E-state index contributed by atoms with van der Waals surface area (Å²) in [4.78, 5) is 32.4. The molecule has 1 fully saturated rings. The molecule has 0 spiro atoms. The number of carbonyl (C=O) groups is 2. The molecule has 5 rings (SSSR count). The molecule has 1 atom stereocenters. The monoisotopic (exact) mass is 536 g/mol. The third-order valence-corrected chi connectivity index (χ3v) is 7.34. The molecule has 37 heavy (non-hydrogen) atoms. The maximum Gasteiger partial charge on any atom is 0.301 e. The lowest BCUT2D eigenvalue weighted by Gasteiger charge is -2.23. The average molecular weight is 537 g/mol. The van der Waals surface area contributed by atoms with Crippen molar-refractivity contribution in [3.05, 3.63) is 94.3 Å². The molecule has 1 aliphatic heterocycles. The van der Waals surface area contributed by atoms with Gasteiger partial charge in [-0.15, -0.1) is 0 Å². The van der Waals surface area contributed by atoms with Crippen LogP contribution in [0.25, 0.3) is 16.0 Å². The van der Waals surface area contributed by atoms with E-state index in [1.165, 1.54) is 23.1 Å². The Labute approximate surface area is 221 Å². The largest absolute Gasteiger partial charge is 0.507 e. The first-order chi connectivity index (χ1) is 17.9. The van der Waals surface area contributed by atoms with Crippen molar-refractivity contribution in [2.45, 2.75) is 25.8 Å². The van der Waals surface area contributed by atoms with Crippen molar-refractivity contribution >= 4 is 55.7 Å². The molecule has 1 N–H and O–H groups in total. The van der Waals surface area contributed by atoms with E-state index in [0.29, 0.717) is 38.7 Å². The minimum absolute atomic E-state index is 0.0718. The fraction of sp³-hybridized carbons (Fsp3) is 0.179. The van der Waals surface area contributed by atoms with Crippen LogP contribution in [-0.2, 0) is 9.59 Å². The second kappa shape index (κ2) is 10.3. The van der Waals surface area contributed by atoms with Crippen LogP contribution in [0.4, 0.5) is 9.52 Å². The Morgan fingerprint density at radius 1 is 1.11 bits per heavy atom. The van der Waals surface area contributed by atoms with E-state index in [1.807, 2.05) is 0 Å². The first-order valence-corrected chi connectivity index (χ1v) is 12.9. The van der Waals surface area contributed by atoms with E-state index in [9.17, 15) is 19.1 Å². The van der Waals surface area contributed by atoms with Gasteiger partial charge in [0.2, 0.25) is 0 Å². The zero-order valence-electron chi connectivity index (χ0n) is 19.8. The summed E-state index contributed by atoms with van der Waals surface area (Å²) in [6.45, 7) is 2.65. The van der Waals surface area contributed by atoms with Crippen LogP contribution < -0.4 is 9.64 Å². The molecule has 0 radical (unpaired) electrons. The summed E-state index contributed by atoms with van der Waals surface area (Å²) >= 11 is 7.09. The van der Waals surface area contributed by atoms with Gasteiger partial charge in [-0.3, -0.25) is 14.5 Å². The van der Waals surface area contributed by atoms with E-state index < -0.39 is 23.5 Å². The fourth-order valence-electron chi connectivity index (χ4n) is 4.18. The molecule has 1 aromatic heterocycles. The number of ketones is 1. The molecule has 9 heteroatoms. The van der Waals surface area contributed by atoms with E-state index >= 15 is 0 Å². The molecule has 1 saturated heterocycles. The Balaban J connectivity index is 1.64. The number of aliphatic hydroxyl groups excluding tert-OH is 1. The van der Waals surface area contributed by atoms with Gasteiger partial charge >= 0.3 is 5.91 Å². The van der Waals surface area contributed by atoms with Gasteiger partial charge in [0.05, 0.1) is 28.4 Å². The van der Waals surface area contributed by atoms with Crippen LogP contribution in [0.1, 0.15) is 36.9 Å². The van der Waals surface area contributed by atoms with Gasteiger partial charge in [0, 0.05) is 10.6 Å². The Hall–Kier alpha value is -3.75. The number of benzene rings is 3. The number of hydrogen-bond donors (Lipinski definition) is 1. The van der Waals surface area contributed by atoms with Crippen molar-refractivity contribution in [1.29, 1.82) is 0 Å². The molecule has 0 bridgehead atoms. The SMILES string of the molecule is CCCCOc1ccc(C2C(=C(O)c3ccc(Cl)cc3)C(=O)C(=O)N2c2nc3ccc(F)cc3s2)cc1. The smallest absolute Gasteiger partial charge is 0.301 e. The molecule has 0 aliphatic carbocycles. The van der Waals surface area contributed by atoms with E-state index in [0.717, 1.165) is 24.2 Å². The maximum absolute atomic E-state index is 13.8. The number of rotatable bonds is 7. The third kappa shape index (κ3) is 4.82. The second-order valence-corrected chi connectivity index (χ2v) is 10.0. The number of thiazole rings is 1. The topological polar surface area (TPSA) is 79.7 Å². The number of fused-ring (bicyclic) bond motifs is 1. The van der Waals surface area contributed by atoms with Gasteiger partial charge in [-0.1, -0.05) is 48.4 Å². The van der Waals surface area contributed by atoms with Crippen molar-refractivity contribution in [3.63, 3.8) is 0 Å². The second-order valence-electron chi connectivity index (χ2n) is 8.56. The van der Waals surface area contributed by atoms with Crippen LogP contribution in [0.2, 0.25) is 5.02 Å². The first kappa shape index (κ1) is 24.9. The van der Waals surface area contributed by atoms with E-state index in [2.05, 4.69) is 11.9 Å². The Morgan fingerprint density at radius 3 is 2.54 bits per heavy atom. The predicted octanol–water partition coefficient (Wildman–Crippen LogP) is 6.89. The fourth-order valence-corrected chi connectivity index (χ4v) is 5.32. The van der Waals surface area contributed by atoms with Crippen LogP contribution in [0, 0.1) is 5.82 Å². The summed E-state index contributed by atoms with van der Waals surface area (Å²) in [7, 11) is 0. The highest BCUT2D eigenvalue weighted by atomic mass is 35.5. The van der Waals surface area contributed by atoms with Crippen molar-refractivity contribution in [1.82, 2.24) is 4.98 Å².